The molecule has 3 aliphatic carbocycles. The molecule has 0 saturated heterocycles. The van der Waals surface area contributed by atoms with Crippen LogP contribution in [0.1, 0.15) is 19.3 Å². The van der Waals surface area contributed by atoms with E-state index in [1.165, 1.54) is 30.3 Å². The molecule has 172 valence electrons. The number of carbonyl (C=O) groups excluding carboxylic acids is 1. The number of methoxy groups -OCH3 is 1. The summed E-state index contributed by atoms with van der Waals surface area (Å²) in [5, 5.41) is 7.31. The number of aryl methyl sites for hydroxylation is 1. The normalized spacial score (nSPS) is 20.5. The van der Waals surface area contributed by atoms with Crippen molar-refractivity contribution in [1.82, 2.24) is 24.7 Å². The van der Waals surface area contributed by atoms with Crippen LogP contribution in [0.2, 0.25) is 0 Å². The van der Waals surface area contributed by atoms with Gasteiger partial charge in [-0.2, -0.15) is 5.10 Å². The van der Waals surface area contributed by atoms with Gasteiger partial charge in [-0.1, -0.05) is 0 Å². The van der Waals surface area contributed by atoms with E-state index in [0.29, 0.717) is 34.0 Å². The van der Waals surface area contributed by atoms with Crippen molar-refractivity contribution in [3.05, 3.63) is 48.4 Å². The van der Waals surface area contributed by atoms with E-state index in [0.717, 1.165) is 25.3 Å². The molecule has 3 aliphatic rings. The Morgan fingerprint density at radius 2 is 1.94 bits per heavy atom. The highest BCUT2D eigenvalue weighted by molar-refractivity contribution is 6.00. The molecule has 7 rings (SSSR count). The minimum Gasteiger partial charge on any atom is -0.493 e. The summed E-state index contributed by atoms with van der Waals surface area (Å²) in [5.74, 6) is -0.155. The highest BCUT2D eigenvalue weighted by atomic mass is 19.1. The highest BCUT2D eigenvalue weighted by Gasteiger charge is 2.61. The maximum Gasteiger partial charge on any atom is 0.231 e. The number of nitrogens with one attached hydrogen (secondary N) is 1. The van der Waals surface area contributed by atoms with Gasteiger partial charge in [-0.3, -0.25) is 9.48 Å². The number of carbonyl (C=O) groups is 1. The number of amides is 1. The molecule has 0 unspecified atom stereocenters. The van der Waals surface area contributed by atoms with Crippen molar-refractivity contribution in [2.75, 3.05) is 12.4 Å². The second-order valence-electron chi connectivity index (χ2n) is 9.03. The first kappa shape index (κ1) is 20.6. The molecule has 3 heterocycles. The summed E-state index contributed by atoms with van der Waals surface area (Å²) < 4.78 is 35.1. The monoisotopic (exact) mass is 462 g/mol. The summed E-state index contributed by atoms with van der Waals surface area (Å²) in [6, 6.07) is 5.01. The zero-order chi connectivity index (χ0) is 23.6. The van der Waals surface area contributed by atoms with Crippen LogP contribution in [-0.2, 0) is 11.8 Å². The molecule has 1 aromatic carbocycles. The summed E-state index contributed by atoms with van der Waals surface area (Å²) in [6.45, 7) is 0. The average molecular weight is 462 g/mol. The Morgan fingerprint density at radius 3 is 2.62 bits per heavy atom. The fourth-order valence-electron chi connectivity index (χ4n) is 4.95. The third-order valence-electron chi connectivity index (χ3n) is 6.82. The zero-order valence-corrected chi connectivity index (χ0v) is 18.5. The molecule has 3 saturated carbocycles. The first-order valence-electron chi connectivity index (χ1n) is 10.9. The average Bonchev–Trinajstić information content (AvgIpc) is 3.11. The highest BCUT2D eigenvalue weighted by Crippen LogP contribution is 2.64. The predicted octanol–water partition coefficient (Wildman–Crippen LogP) is 4.12. The van der Waals surface area contributed by atoms with Gasteiger partial charge in [0.25, 0.3) is 0 Å². The van der Waals surface area contributed by atoms with Crippen molar-refractivity contribution in [3.8, 4) is 28.3 Å². The van der Waals surface area contributed by atoms with Crippen LogP contribution in [0.15, 0.2) is 36.8 Å². The number of rotatable bonds is 5. The van der Waals surface area contributed by atoms with Gasteiger partial charge in [0.05, 0.1) is 18.0 Å². The number of halogens is 2. The van der Waals surface area contributed by atoms with Crippen molar-refractivity contribution in [3.63, 3.8) is 0 Å². The quantitative estimate of drug-likeness (QED) is 0.480. The number of hydrogen-bond donors (Lipinski definition) is 1. The maximum atomic E-state index is 14.6. The first-order valence-corrected chi connectivity index (χ1v) is 10.9. The molecule has 2 bridgehead atoms. The van der Waals surface area contributed by atoms with Crippen LogP contribution in [0.3, 0.4) is 0 Å². The number of anilines is 1. The summed E-state index contributed by atoms with van der Waals surface area (Å²) in [4.78, 5) is 26.3. The Balaban J connectivity index is 1.49. The molecule has 3 aromatic heterocycles. The predicted molar refractivity (Wildman–Crippen MR) is 120 cm³/mol. The van der Waals surface area contributed by atoms with Gasteiger partial charge in [-0.15, -0.1) is 0 Å². The van der Waals surface area contributed by atoms with Crippen LogP contribution in [0, 0.1) is 23.0 Å². The van der Waals surface area contributed by atoms with Gasteiger partial charge in [0, 0.05) is 36.5 Å². The lowest BCUT2D eigenvalue weighted by Gasteiger charge is -2.59. The molecule has 34 heavy (non-hydrogen) atoms. The Labute approximate surface area is 193 Å². The topological polar surface area (TPSA) is 94.8 Å². The van der Waals surface area contributed by atoms with E-state index in [1.54, 1.807) is 19.3 Å². The standard InChI is InChI=1S/C24H20F2N6O2/c1-32-10-15(19(31-32)14-4-3-13(25)5-16(14)26)20-21-17(27-11-28-20)6-18(34-2)22(29-21)30-23(33)24-7-12(8-24)9-24/h3-6,10-12H,7-9H2,1-2H3,(H,29,30,33). The third-order valence-corrected chi connectivity index (χ3v) is 6.82. The van der Waals surface area contributed by atoms with Crippen molar-refractivity contribution >= 4 is 22.8 Å². The van der Waals surface area contributed by atoms with E-state index < -0.39 is 11.6 Å². The van der Waals surface area contributed by atoms with Crippen molar-refractivity contribution in [1.29, 1.82) is 0 Å². The van der Waals surface area contributed by atoms with Gasteiger partial charge in [0.15, 0.2) is 11.6 Å². The summed E-state index contributed by atoms with van der Waals surface area (Å²) in [6.07, 6.45) is 5.78. The van der Waals surface area contributed by atoms with Gasteiger partial charge in [-0.25, -0.2) is 23.7 Å². The minimum absolute atomic E-state index is 0.0611. The van der Waals surface area contributed by atoms with Crippen LogP contribution in [0.4, 0.5) is 14.6 Å². The van der Waals surface area contributed by atoms with Crippen LogP contribution in [0.25, 0.3) is 33.5 Å². The lowest BCUT2D eigenvalue weighted by atomic mass is 9.44. The third kappa shape index (κ3) is 3.05. The molecule has 8 nitrogen and oxygen atoms in total. The second kappa shape index (κ2) is 7.28. The number of aromatic nitrogens is 5. The van der Waals surface area contributed by atoms with Crippen LogP contribution in [0.5, 0.6) is 5.75 Å². The van der Waals surface area contributed by atoms with E-state index in [2.05, 4.69) is 25.4 Å². The van der Waals surface area contributed by atoms with E-state index in [9.17, 15) is 13.6 Å². The van der Waals surface area contributed by atoms with Gasteiger partial charge >= 0.3 is 0 Å². The van der Waals surface area contributed by atoms with E-state index in [1.807, 2.05) is 0 Å². The zero-order valence-electron chi connectivity index (χ0n) is 18.5. The Kier molecular flexibility index (Phi) is 4.42. The summed E-state index contributed by atoms with van der Waals surface area (Å²) >= 11 is 0. The second-order valence-corrected chi connectivity index (χ2v) is 9.03. The van der Waals surface area contributed by atoms with Crippen LogP contribution >= 0.6 is 0 Å². The van der Waals surface area contributed by atoms with Gasteiger partial charge < -0.3 is 10.1 Å². The number of ether oxygens (including phenoxy) is 1. The van der Waals surface area contributed by atoms with E-state index in [-0.39, 0.29) is 28.4 Å². The lowest BCUT2D eigenvalue weighted by molar-refractivity contribution is -0.158. The van der Waals surface area contributed by atoms with Gasteiger partial charge in [0.1, 0.15) is 34.9 Å². The molecular formula is C24H20F2N6O2. The molecule has 0 aliphatic heterocycles. The Hall–Kier alpha value is -3.95. The largest absolute Gasteiger partial charge is 0.493 e. The Morgan fingerprint density at radius 1 is 1.15 bits per heavy atom. The number of fused-ring (bicyclic) bond motifs is 1. The molecule has 0 radical (unpaired) electrons. The minimum atomic E-state index is -0.737. The maximum absolute atomic E-state index is 14.6. The molecule has 4 aromatic rings. The van der Waals surface area contributed by atoms with E-state index in [4.69, 9.17) is 4.74 Å². The molecule has 3 fully saturated rings. The molecule has 10 heteroatoms. The smallest absolute Gasteiger partial charge is 0.231 e. The fraction of sp³-hybridized carbons (Fsp3) is 0.292. The number of nitrogens with zero attached hydrogens (tertiary/aromatic N) is 5. The van der Waals surface area contributed by atoms with Gasteiger partial charge in [-0.05, 0) is 37.3 Å². The number of benzene rings is 1. The SMILES string of the molecule is COc1cc2ncnc(-c3cn(C)nc3-c3ccc(F)cc3F)c2nc1NC(=O)C12CC(C1)C2. The van der Waals surface area contributed by atoms with Crippen molar-refractivity contribution < 1.29 is 18.3 Å². The first-order chi connectivity index (χ1) is 16.4. The molecule has 1 amide bonds. The van der Waals surface area contributed by atoms with E-state index >= 15 is 0 Å². The number of hydrogen-bond acceptors (Lipinski definition) is 6. The molecular weight excluding hydrogens is 442 g/mol. The van der Waals surface area contributed by atoms with Crippen LogP contribution in [-0.4, -0.2) is 37.7 Å². The van der Waals surface area contributed by atoms with Gasteiger partial charge in [0.2, 0.25) is 5.91 Å². The molecule has 1 N–H and O–H groups in total. The van der Waals surface area contributed by atoms with Crippen molar-refractivity contribution in [2.24, 2.45) is 18.4 Å². The number of pyridine rings is 1. The van der Waals surface area contributed by atoms with Crippen molar-refractivity contribution in [2.45, 2.75) is 19.3 Å². The Bertz CT molecular complexity index is 1470. The fourth-order valence-corrected chi connectivity index (χ4v) is 4.95. The van der Waals surface area contributed by atoms with Crippen LogP contribution < -0.4 is 10.1 Å². The molecule has 0 atom stereocenters. The summed E-state index contributed by atoms with van der Waals surface area (Å²) in [7, 11) is 3.20. The lowest BCUT2D eigenvalue weighted by Crippen LogP contribution is -2.58. The molecule has 0 spiro atoms. The summed E-state index contributed by atoms with van der Waals surface area (Å²) in [5.41, 5.74) is 1.91.